The van der Waals surface area contributed by atoms with Crippen LogP contribution in [0.5, 0.6) is 0 Å². The summed E-state index contributed by atoms with van der Waals surface area (Å²) in [5.74, 6) is 0.737. The first-order chi connectivity index (χ1) is 12.0. The van der Waals surface area contributed by atoms with Crippen molar-refractivity contribution in [1.29, 1.82) is 0 Å². The van der Waals surface area contributed by atoms with Gasteiger partial charge in [0.05, 0.1) is 16.2 Å². The van der Waals surface area contributed by atoms with Crippen molar-refractivity contribution in [2.24, 2.45) is 0 Å². The van der Waals surface area contributed by atoms with Crippen molar-refractivity contribution in [2.75, 3.05) is 6.54 Å². The van der Waals surface area contributed by atoms with Gasteiger partial charge < -0.3 is 4.98 Å². The second-order valence-electron chi connectivity index (χ2n) is 6.18. The molecule has 1 aromatic carbocycles. The predicted octanol–water partition coefficient (Wildman–Crippen LogP) is 2.84. The summed E-state index contributed by atoms with van der Waals surface area (Å²) >= 11 is 6.18. The Morgan fingerprint density at radius 2 is 2.24 bits per heavy atom. The molecule has 0 radical (unpaired) electrons. The zero-order chi connectivity index (χ0) is 18.0. The second kappa shape index (κ2) is 7.33. The molecule has 2 heterocycles. The summed E-state index contributed by atoms with van der Waals surface area (Å²) in [7, 11) is 0. The van der Waals surface area contributed by atoms with Gasteiger partial charge in [-0.15, -0.1) is 0 Å². The van der Waals surface area contributed by atoms with Crippen molar-refractivity contribution in [3.63, 3.8) is 0 Å². The van der Waals surface area contributed by atoms with Crippen molar-refractivity contribution in [3.8, 4) is 0 Å². The van der Waals surface area contributed by atoms with Crippen LogP contribution in [0.3, 0.4) is 0 Å². The predicted molar refractivity (Wildman–Crippen MR) is 94.8 cm³/mol. The van der Waals surface area contributed by atoms with Crippen molar-refractivity contribution >= 4 is 17.3 Å². The maximum absolute atomic E-state index is 12.3. The summed E-state index contributed by atoms with van der Waals surface area (Å²) in [6.45, 7) is 3.69. The minimum absolute atomic E-state index is 0.0144. The number of non-ortho nitro benzene ring substituents is 1. The summed E-state index contributed by atoms with van der Waals surface area (Å²) < 4.78 is 0. The lowest BCUT2D eigenvalue weighted by atomic mass is 10.1. The molecule has 0 saturated carbocycles. The molecule has 8 heteroatoms. The number of nitrogens with zero attached hydrogens (tertiary/aromatic N) is 3. The Labute approximate surface area is 149 Å². The number of halogens is 1. The van der Waals surface area contributed by atoms with Crippen LogP contribution in [0.4, 0.5) is 5.69 Å². The molecule has 1 aliphatic heterocycles. The van der Waals surface area contributed by atoms with Crippen molar-refractivity contribution in [1.82, 2.24) is 14.9 Å². The molecule has 25 heavy (non-hydrogen) atoms. The average molecular weight is 363 g/mol. The zero-order valence-electron chi connectivity index (χ0n) is 13.9. The largest absolute Gasteiger partial charge is 0.310 e. The molecule has 0 aliphatic carbocycles. The van der Waals surface area contributed by atoms with Gasteiger partial charge in [-0.25, -0.2) is 4.98 Å². The van der Waals surface area contributed by atoms with Gasteiger partial charge in [-0.1, -0.05) is 18.5 Å². The molecule has 0 saturated heterocycles. The summed E-state index contributed by atoms with van der Waals surface area (Å²) in [5.41, 5.74) is 2.14. The second-order valence-corrected chi connectivity index (χ2v) is 6.59. The molecule has 1 aliphatic rings. The molecular formula is C17H19ClN4O3. The van der Waals surface area contributed by atoms with Crippen molar-refractivity contribution in [2.45, 2.75) is 39.3 Å². The number of fused-ring (bicyclic) bond motifs is 1. The summed E-state index contributed by atoms with van der Waals surface area (Å²) in [6.07, 6.45) is 2.37. The number of aryl methyl sites for hydroxylation is 1. The van der Waals surface area contributed by atoms with Gasteiger partial charge in [0.1, 0.15) is 5.82 Å². The minimum atomic E-state index is -0.435. The Bertz CT molecular complexity index is 865. The van der Waals surface area contributed by atoms with E-state index < -0.39 is 4.92 Å². The van der Waals surface area contributed by atoms with Gasteiger partial charge in [0, 0.05) is 49.6 Å². The van der Waals surface area contributed by atoms with Crippen LogP contribution >= 0.6 is 11.6 Å². The van der Waals surface area contributed by atoms with Crippen LogP contribution in [0.15, 0.2) is 23.0 Å². The Hall–Kier alpha value is -2.25. The topological polar surface area (TPSA) is 92.1 Å². The van der Waals surface area contributed by atoms with E-state index in [2.05, 4.69) is 14.9 Å². The smallest absolute Gasteiger partial charge is 0.269 e. The monoisotopic (exact) mass is 362 g/mol. The molecule has 2 aromatic rings. The maximum atomic E-state index is 12.3. The number of hydrogen-bond acceptors (Lipinski definition) is 5. The molecule has 1 aromatic heterocycles. The third-order valence-electron chi connectivity index (χ3n) is 4.32. The minimum Gasteiger partial charge on any atom is -0.310 e. The fourth-order valence-corrected chi connectivity index (χ4v) is 3.24. The van der Waals surface area contributed by atoms with E-state index in [1.54, 1.807) is 0 Å². The van der Waals surface area contributed by atoms with Gasteiger partial charge >= 0.3 is 0 Å². The van der Waals surface area contributed by atoms with Gasteiger partial charge in [-0.3, -0.25) is 19.8 Å². The highest BCUT2D eigenvalue weighted by atomic mass is 35.5. The van der Waals surface area contributed by atoms with E-state index in [-0.39, 0.29) is 11.2 Å². The highest BCUT2D eigenvalue weighted by molar-refractivity contribution is 6.31. The van der Waals surface area contributed by atoms with E-state index in [1.165, 1.54) is 18.2 Å². The molecule has 0 atom stereocenters. The fourth-order valence-electron chi connectivity index (χ4n) is 3.06. The van der Waals surface area contributed by atoms with Gasteiger partial charge in [-0.2, -0.15) is 0 Å². The normalized spacial score (nSPS) is 14.3. The molecule has 0 unspecified atom stereocenters. The highest BCUT2D eigenvalue weighted by Crippen LogP contribution is 2.25. The zero-order valence-corrected chi connectivity index (χ0v) is 14.7. The van der Waals surface area contributed by atoms with Gasteiger partial charge in [0.15, 0.2) is 0 Å². The number of aromatic nitrogens is 2. The Morgan fingerprint density at radius 1 is 1.44 bits per heavy atom. The lowest BCUT2D eigenvalue weighted by Crippen LogP contribution is -2.35. The van der Waals surface area contributed by atoms with Crippen LogP contribution < -0.4 is 5.56 Å². The first-order valence-electron chi connectivity index (χ1n) is 8.24. The van der Waals surface area contributed by atoms with E-state index in [9.17, 15) is 14.9 Å². The first-order valence-corrected chi connectivity index (χ1v) is 8.62. The first kappa shape index (κ1) is 17.6. The molecular weight excluding hydrogens is 344 g/mol. The van der Waals surface area contributed by atoms with Crippen molar-refractivity contribution < 1.29 is 4.92 Å². The SMILES string of the molecule is CCCc1nc2c(c(=O)[nH]1)CN(Cc1cc([N+](=O)[O-])ccc1Cl)CC2. The third kappa shape index (κ3) is 3.88. The number of H-pyrrole nitrogens is 1. The Morgan fingerprint density at radius 3 is 2.96 bits per heavy atom. The van der Waals surface area contributed by atoms with E-state index in [4.69, 9.17) is 11.6 Å². The molecule has 0 bridgehead atoms. The van der Waals surface area contributed by atoms with Gasteiger partial charge in [-0.05, 0) is 18.1 Å². The molecule has 7 nitrogen and oxygen atoms in total. The number of benzene rings is 1. The standard InChI is InChI=1S/C17H19ClN4O3/c1-2-3-16-19-15-6-7-21(10-13(15)17(23)20-16)9-11-8-12(22(24)25)4-5-14(11)18/h4-5,8H,2-3,6-7,9-10H2,1H3,(H,19,20,23). The van der Waals surface area contributed by atoms with Crippen LogP contribution in [-0.4, -0.2) is 26.3 Å². The number of nitro groups is 1. The maximum Gasteiger partial charge on any atom is 0.269 e. The number of aromatic amines is 1. The lowest BCUT2D eigenvalue weighted by molar-refractivity contribution is -0.384. The third-order valence-corrected chi connectivity index (χ3v) is 4.69. The highest BCUT2D eigenvalue weighted by Gasteiger charge is 2.22. The molecule has 0 spiro atoms. The van der Waals surface area contributed by atoms with Crippen LogP contribution in [0.1, 0.15) is 36.0 Å². The van der Waals surface area contributed by atoms with Crippen LogP contribution in [0, 0.1) is 10.1 Å². The molecule has 132 valence electrons. The quantitative estimate of drug-likeness (QED) is 0.652. The van der Waals surface area contributed by atoms with Crippen molar-refractivity contribution in [3.05, 3.63) is 66.3 Å². The molecule has 1 N–H and O–H groups in total. The van der Waals surface area contributed by atoms with E-state index >= 15 is 0 Å². The van der Waals surface area contributed by atoms with E-state index in [0.717, 1.165) is 30.9 Å². The van der Waals surface area contributed by atoms with Gasteiger partial charge in [0.25, 0.3) is 11.2 Å². The summed E-state index contributed by atoms with van der Waals surface area (Å²) in [4.78, 5) is 32.3. The number of nitro benzene ring substituents is 1. The number of hydrogen-bond donors (Lipinski definition) is 1. The van der Waals surface area contributed by atoms with Crippen LogP contribution in [0.2, 0.25) is 5.02 Å². The lowest BCUT2D eigenvalue weighted by Gasteiger charge is -2.28. The summed E-state index contributed by atoms with van der Waals surface area (Å²) in [6, 6.07) is 4.42. The number of nitrogens with one attached hydrogen (secondary N) is 1. The average Bonchev–Trinajstić information content (AvgIpc) is 2.57. The molecule has 3 rings (SSSR count). The molecule has 0 amide bonds. The van der Waals surface area contributed by atoms with E-state index in [0.29, 0.717) is 35.7 Å². The molecule has 0 fully saturated rings. The summed E-state index contributed by atoms with van der Waals surface area (Å²) in [5, 5.41) is 11.4. The fraction of sp³-hybridized carbons (Fsp3) is 0.412. The van der Waals surface area contributed by atoms with Crippen LogP contribution in [0.25, 0.3) is 0 Å². The van der Waals surface area contributed by atoms with Gasteiger partial charge in [0.2, 0.25) is 0 Å². The Balaban J connectivity index is 1.81. The Kier molecular flexibility index (Phi) is 5.15. The number of rotatable bonds is 5. The van der Waals surface area contributed by atoms with Crippen LogP contribution in [-0.2, 0) is 25.9 Å². The van der Waals surface area contributed by atoms with E-state index in [1.807, 2.05) is 6.92 Å².